The van der Waals surface area contributed by atoms with E-state index in [2.05, 4.69) is 9.62 Å². The number of alkyl halides is 3. The quantitative estimate of drug-likeness (QED) is 0.641. The molecule has 1 unspecified atom stereocenters. The van der Waals surface area contributed by atoms with Crippen molar-refractivity contribution in [2.45, 2.75) is 43.0 Å². The van der Waals surface area contributed by atoms with E-state index < -0.39 is 32.5 Å². The van der Waals surface area contributed by atoms with Crippen molar-refractivity contribution in [1.29, 1.82) is 0 Å². The highest BCUT2D eigenvalue weighted by atomic mass is 32.2. The van der Waals surface area contributed by atoms with Crippen molar-refractivity contribution in [1.82, 2.24) is 9.62 Å². The molecule has 0 spiro atoms. The van der Waals surface area contributed by atoms with Gasteiger partial charge in [0.25, 0.3) is 0 Å². The minimum absolute atomic E-state index is 0.0274. The van der Waals surface area contributed by atoms with Crippen LogP contribution < -0.4 is 4.72 Å². The van der Waals surface area contributed by atoms with Gasteiger partial charge in [0.05, 0.1) is 17.1 Å². The Bertz CT molecular complexity index is 996. The molecule has 0 amide bonds. The smallest absolute Gasteiger partial charge is 0.395 e. The Morgan fingerprint density at radius 2 is 1.83 bits per heavy atom. The summed E-state index contributed by atoms with van der Waals surface area (Å²) in [6.07, 6.45) is -3.19. The lowest BCUT2D eigenvalue weighted by Gasteiger charge is -2.24. The maximum atomic E-state index is 13.3. The predicted molar refractivity (Wildman–Crippen MR) is 102 cm³/mol. The highest BCUT2D eigenvalue weighted by Gasteiger charge is 2.37. The van der Waals surface area contributed by atoms with Crippen molar-refractivity contribution < 1.29 is 31.1 Å². The first-order valence-corrected chi connectivity index (χ1v) is 10.9. The van der Waals surface area contributed by atoms with E-state index in [9.17, 15) is 31.1 Å². The molecule has 3 rings (SSSR count). The van der Waals surface area contributed by atoms with E-state index in [-0.39, 0.29) is 25.3 Å². The molecular formula is C20H22F4N2O3S. The van der Waals surface area contributed by atoms with Crippen LogP contribution in [-0.2, 0) is 29.3 Å². The minimum Gasteiger partial charge on any atom is -0.395 e. The van der Waals surface area contributed by atoms with Crippen LogP contribution in [0, 0.1) is 5.82 Å². The SMILES string of the molecule is O=S(=O)(NCc1ccccc1CN1CCCC1CO)c1ccc(F)cc1C(F)(F)F. The Labute approximate surface area is 172 Å². The molecule has 1 heterocycles. The van der Waals surface area contributed by atoms with Crippen molar-refractivity contribution in [2.24, 2.45) is 0 Å². The lowest BCUT2D eigenvalue weighted by atomic mass is 10.1. The van der Waals surface area contributed by atoms with Gasteiger partial charge in [-0.3, -0.25) is 4.90 Å². The Kier molecular flexibility index (Phi) is 6.81. The third-order valence-electron chi connectivity index (χ3n) is 5.19. The summed E-state index contributed by atoms with van der Waals surface area (Å²) < 4.78 is 80.2. The average Bonchev–Trinajstić information content (AvgIpc) is 3.13. The number of rotatable bonds is 7. The highest BCUT2D eigenvalue weighted by Crippen LogP contribution is 2.34. The summed E-state index contributed by atoms with van der Waals surface area (Å²) in [5.41, 5.74) is -0.123. The third-order valence-corrected chi connectivity index (χ3v) is 6.65. The number of hydrogen-bond donors (Lipinski definition) is 2. The van der Waals surface area contributed by atoms with Gasteiger partial charge in [-0.15, -0.1) is 0 Å². The number of hydrogen-bond acceptors (Lipinski definition) is 4. The van der Waals surface area contributed by atoms with Gasteiger partial charge in [-0.05, 0) is 48.7 Å². The van der Waals surface area contributed by atoms with E-state index in [0.29, 0.717) is 24.2 Å². The summed E-state index contributed by atoms with van der Waals surface area (Å²) in [5, 5.41) is 9.48. The summed E-state index contributed by atoms with van der Waals surface area (Å²) in [5.74, 6) is -1.17. The van der Waals surface area contributed by atoms with Gasteiger partial charge in [-0.25, -0.2) is 17.5 Å². The molecule has 0 aromatic heterocycles. The van der Waals surface area contributed by atoms with Gasteiger partial charge in [-0.2, -0.15) is 13.2 Å². The van der Waals surface area contributed by atoms with Crippen LogP contribution in [0.25, 0.3) is 0 Å². The van der Waals surface area contributed by atoms with E-state index in [1.807, 2.05) is 6.07 Å². The van der Waals surface area contributed by atoms with E-state index in [4.69, 9.17) is 0 Å². The first-order valence-electron chi connectivity index (χ1n) is 9.40. The van der Waals surface area contributed by atoms with Crippen molar-refractivity contribution in [3.63, 3.8) is 0 Å². The Hall–Kier alpha value is -2.01. The summed E-state index contributed by atoms with van der Waals surface area (Å²) in [6.45, 7) is 1.10. The Morgan fingerprint density at radius 3 is 2.50 bits per heavy atom. The van der Waals surface area contributed by atoms with Crippen LogP contribution >= 0.6 is 0 Å². The fraction of sp³-hybridized carbons (Fsp3) is 0.400. The summed E-state index contributed by atoms with van der Waals surface area (Å²) in [4.78, 5) is 1.07. The molecule has 0 radical (unpaired) electrons. The molecule has 2 aromatic rings. The molecule has 0 bridgehead atoms. The van der Waals surface area contributed by atoms with Gasteiger partial charge in [0, 0.05) is 19.1 Å². The zero-order chi connectivity index (χ0) is 21.9. The maximum absolute atomic E-state index is 13.3. The van der Waals surface area contributed by atoms with Gasteiger partial charge in [-0.1, -0.05) is 24.3 Å². The number of nitrogens with zero attached hydrogens (tertiary/aromatic N) is 1. The van der Waals surface area contributed by atoms with Crippen LogP contribution in [0.15, 0.2) is 47.4 Å². The number of aliphatic hydroxyl groups is 1. The second kappa shape index (κ2) is 9.01. The van der Waals surface area contributed by atoms with Crippen molar-refractivity contribution in [3.05, 3.63) is 65.0 Å². The maximum Gasteiger partial charge on any atom is 0.417 e. The molecule has 0 saturated carbocycles. The number of halogens is 4. The van der Waals surface area contributed by atoms with Crippen LogP contribution in [0.5, 0.6) is 0 Å². The molecule has 2 aromatic carbocycles. The average molecular weight is 446 g/mol. The molecule has 164 valence electrons. The molecule has 5 nitrogen and oxygen atoms in total. The zero-order valence-electron chi connectivity index (χ0n) is 16.0. The first kappa shape index (κ1) is 22.7. The molecule has 0 aliphatic carbocycles. The minimum atomic E-state index is -5.01. The zero-order valence-corrected chi connectivity index (χ0v) is 16.8. The molecule has 2 N–H and O–H groups in total. The van der Waals surface area contributed by atoms with Crippen molar-refractivity contribution in [3.8, 4) is 0 Å². The largest absolute Gasteiger partial charge is 0.417 e. The first-order chi connectivity index (χ1) is 14.1. The van der Waals surface area contributed by atoms with Crippen molar-refractivity contribution >= 4 is 10.0 Å². The summed E-state index contributed by atoms with van der Waals surface area (Å²) in [7, 11) is -4.54. The number of sulfonamides is 1. The lowest BCUT2D eigenvalue weighted by molar-refractivity contribution is -0.140. The van der Waals surface area contributed by atoms with Crippen LogP contribution in [-0.4, -0.2) is 37.6 Å². The fourth-order valence-electron chi connectivity index (χ4n) is 3.62. The Morgan fingerprint density at radius 1 is 1.13 bits per heavy atom. The van der Waals surface area contributed by atoms with Crippen LogP contribution in [0.3, 0.4) is 0 Å². The van der Waals surface area contributed by atoms with Gasteiger partial charge < -0.3 is 5.11 Å². The standard InChI is InChI=1S/C20H22F4N2O3S/c21-16-7-8-19(18(10-16)20(22,23)24)30(28,29)25-11-14-4-1-2-5-15(14)12-26-9-3-6-17(26)13-27/h1-2,4-5,7-8,10,17,25,27H,3,6,9,11-13H2. The van der Waals surface area contributed by atoms with E-state index in [1.165, 1.54) is 0 Å². The van der Waals surface area contributed by atoms with E-state index in [1.54, 1.807) is 18.2 Å². The van der Waals surface area contributed by atoms with E-state index >= 15 is 0 Å². The van der Waals surface area contributed by atoms with Gasteiger partial charge in [0.1, 0.15) is 5.82 Å². The highest BCUT2D eigenvalue weighted by molar-refractivity contribution is 7.89. The number of likely N-dealkylation sites (tertiary alicyclic amines) is 1. The summed E-state index contributed by atoms with van der Waals surface area (Å²) in [6, 6.07) is 8.50. The molecule has 1 atom stereocenters. The third kappa shape index (κ3) is 5.18. The second-order valence-corrected chi connectivity index (χ2v) is 8.92. The normalized spacial score (nSPS) is 18.1. The second-order valence-electron chi connectivity index (χ2n) is 7.18. The molecule has 30 heavy (non-hydrogen) atoms. The molecule has 1 saturated heterocycles. The molecular weight excluding hydrogens is 424 g/mol. The molecule has 1 aliphatic rings. The Balaban J connectivity index is 1.81. The number of nitrogens with one attached hydrogen (secondary N) is 1. The van der Waals surface area contributed by atoms with E-state index in [0.717, 1.165) is 24.9 Å². The number of benzene rings is 2. The topological polar surface area (TPSA) is 69.6 Å². The van der Waals surface area contributed by atoms with Crippen LogP contribution in [0.4, 0.5) is 17.6 Å². The van der Waals surface area contributed by atoms with Gasteiger partial charge >= 0.3 is 6.18 Å². The van der Waals surface area contributed by atoms with Crippen molar-refractivity contribution in [2.75, 3.05) is 13.2 Å². The monoisotopic (exact) mass is 446 g/mol. The number of aliphatic hydroxyl groups excluding tert-OH is 1. The van der Waals surface area contributed by atoms with Gasteiger partial charge in [0.15, 0.2) is 0 Å². The molecule has 1 fully saturated rings. The molecule has 1 aliphatic heterocycles. The predicted octanol–water partition coefficient (Wildman–Crippen LogP) is 3.28. The summed E-state index contributed by atoms with van der Waals surface area (Å²) >= 11 is 0. The van der Waals surface area contributed by atoms with Crippen LogP contribution in [0.1, 0.15) is 29.5 Å². The molecule has 10 heteroatoms. The van der Waals surface area contributed by atoms with Gasteiger partial charge in [0.2, 0.25) is 10.0 Å². The fourth-order valence-corrected chi connectivity index (χ4v) is 4.83. The lowest BCUT2D eigenvalue weighted by Crippen LogP contribution is -2.32. The van der Waals surface area contributed by atoms with Crippen LogP contribution in [0.2, 0.25) is 0 Å².